The zero-order valence-corrected chi connectivity index (χ0v) is 19.0. The molecule has 0 radical (unpaired) electrons. The quantitative estimate of drug-likeness (QED) is 0.586. The second-order valence-corrected chi connectivity index (χ2v) is 10.7. The van der Waals surface area contributed by atoms with E-state index in [1.54, 1.807) is 6.92 Å². The van der Waals surface area contributed by atoms with E-state index in [0.717, 1.165) is 12.1 Å². The van der Waals surface area contributed by atoms with Crippen molar-refractivity contribution in [2.45, 2.75) is 48.4 Å². The van der Waals surface area contributed by atoms with E-state index in [9.17, 15) is 17.6 Å². The lowest BCUT2D eigenvalue weighted by Gasteiger charge is -2.50. The molecule has 9 heteroatoms. The largest absolute Gasteiger partial charge is 0.490 e. The molecule has 32 heavy (non-hydrogen) atoms. The van der Waals surface area contributed by atoms with Crippen molar-refractivity contribution in [2.24, 2.45) is 5.92 Å². The van der Waals surface area contributed by atoms with E-state index in [1.165, 1.54) is 24.3 Å². The molecule has 2 aromatic carbocycles. The molecular formula is C23H23ClF2O5S. The van der Waals surface area contributed by atoms with E-state index in [1.807, 2.05) is 0 Å². The van der Waals surface area contributed by atoms with Crippen LogP contribution in [-0.4, -0.2) is 33.5 Å². The highest BCUT2D eigenvalue weighted by Crippen LogP contribution is 2.56. The molecule has 0 amide bonds. The van der Waals surface area contributed by atoms with Crippen LogP contribution in [0.5, 0.6) is 5.75 Å². The van der Waals surface area contributed by atoms with Gasteiger partial charge in [0.1, 0.15) is 16.3 Å². The molecule has 1 unspecified atom stereocenters. The number of sulfone groups is 1. The van der Waals surface area contributed by atoms with Gasteiger partial charge in [-0.2, -0.15) is 0 Å². The molecule has 0 aromatic heterocycles. The van der Waals surface area contributed by atoms with Crippen LogP contribution < -0.4 is 4.74 Å². The van der Waals surface area contributed by atoms with Crippen molar-refractivity contribution in [3.05, 3.63) is 58.6 Å². The standard InChI is InChI=1S/C23H23ClF2O5S/c1-2-15(27)5-10-20-17-13-31-22-19(26)9-8-18(25)21(22)23(17,11-12-30-20)32(28,29)16-6-3-14(24)4-7-16/h3-4,6-9,17,20H,2,5,10-13H2,1H3/t17-,20-,23?/m0/s1. The van der Waals surface area contributed by atoms with Gasteiger partial charge in [-0.25, -0.2) is 17.2 Å². The monoisotopic (exact) mass is 484 g/mol. The maximum absolute atomic E-state index is 15.2. The Morgan fingerprint density at radius 1 is 1.16 bits per heavy atom. The van der Waals surface area contributed by atoms with Crippen LogP contribution in [0.15, 0.2) is 41.3 Å². The number of rotatable bonds is 6. The molecule has 5 nitrogen and oxygen atoms in total. The molecule has 0 N–H and O–H groups in total. The van der Waals surface area contributed by atoms with Crippen LogP contribution in [-0.2, 0) is 24.1 Å². The Morgan fingerprint density at radius 3 is 2.53 bits per heavy atom. The number of carbonyl (C=O) groups excluding carboxylic acids is 1. The number of hydrogen-bond donors (Lipinski definition) is 0. The lowest BCUT2D eigenvalue weighted by atomic mass is 9.74. The minimum atomic E-state index is -4.24. The fourth-order valence-electron chi connectivity index (χ4n) is 4.81. The molecule has 2 aliphatic rings. The number of fused-ring (bicyclic) bond motifs is 3. The highest BCUT2D eigenvalue weighted by Gasteiger charge is 2.61. The van der Waals surface area contributed by atoms with Gasteiger partial charge in [0.15, 0.2) is 21.4 Å². The van der Waals surface area contributed by atoms with Gasteiger partial charge in [-0.1, -0.05) is 18.5 Å². The van der Waals surface area contributed by atoms with Crippen LogP contribution in [0.3, 0.4) is 0 Å². The predicted molar refractivity (Wildman–Crippen MR) is 115 cm³/mol. The van der Waals surface area contributed by atoms with Crippen molar-refractivity contribution < 1.29 is 31.5 Å². The van der Waals surface area contributed by atoms with Gasteiger partial charge in [-0.15, -0.1) is 0 Å². The lowest BCUT2D eigenvalue weighted by Crippen LogP contribution is -2.57. The average molecular weight is 485 g/mol. The summed E-state index contributed by atoms with van der Waals surface area (Å²) in [6.07, 6.45) is 0.0811. The number of hydrogen-bond acceptors (Lipinski definition) is 5. The topological polar surface area (TPSA) is 69.7 Å². The van der Waals surface area contributed by atoms with Crippen molar-refractivity contribution in [2.75, 3.05) is 13.2 Å². The van der Waals surface area contributed by atoms with Crippen molar-refractivity contribution in [1.29, 1.82) is 0 Å². The molecule has 1 fully saturated rings. The van der Waals surface area contributed by atoms with Crippen LogP contribution in [0.2, 0.25) is 5.02 Å². The van der Waals surface area contributed by atoms with Gasteiger partial charge in [0, 0.05) is 30.4 Å². The maximum Gasteiger partial charge on any atom is 0.189 e. The number of Topliss-reactive ketones (excluding diaryl/α,β-unsaturated/α-hetero) is 1. The van der Waals surface area contributed by atoms with E-state index in [-0.39, 0.29) is 54.5 Å². The Kier molecular flexibility index (Phi) is 6.31. The van der Waals surface area contributed by atoms with E-state index in [4.69, 9.17) is 21.1 Å². The van der Waals surface area contributed by atoms with Gasteiger partial charge >= 0.3 is 0 Å². The van der Waals surface area contributed by atoms with E-state index in [2.05, 4.69) is 0 Å². The summed E-state index contributed by atoms with van der Waals surface area (Å²) in [4.78, 5) is 11.9. The molecule has 1 saturated heterocycles. The van der Waals surface area contributed by atoms with Crippen LogP contribution >= 0.6 is 11.6 Å². The summed E-state index contributed by atoms with van der Waals surface area (Å²) >= 11 is 5.94. The maximum atomic E-state index is 15.2. The molecule has 2 aliphatic heterocycles. The van der Waals surface area contributed by atoms with E-state index >= 15 is 4.39 Å². The number of ketones is 1. The third-order valence-electron chi connectivity index (χ3n) is 6.45. The summed E-state index contributed by atoms with van der Waals surface area (Å²) in [7, 11) is -4.24. The summed E-state index contributed by atoms with van der Waals surface area (Å²) in [6.45, 7) is 1.59. The second-order valence-electron chi connectivity index (χ2n) is 8.09. The number of halogens is 3. The Bertz CT molecular complexity index is 1140. The van der Waals surface area contributed by atoms with Gasteiger partial charge in [-0.05, 0) is 49.2 Å². The first-order valence-corrected chi connectivity index (χ1v) is 12.3. The SMILES string of the molecule is CCC(=O)CC[C@@H]1OCCC2(S(=O)(=O)c3ccc(Cl)cc3)c3c(F)ccc(F)c3OC[C@@H]12. The molecule has 2 heterocycles. The summed E-state index contributed by atoms with van der Waals surface area (Å²) in [5.41, 5.74) is -0.307. The third-order valence-corrected chi connectivity index (χ3v) is 9.26. The molecule has 0 aliphatic carbocycles. The summed E-state index contributed by atoms with van der Waals surface area (Å²) in [5.74, 6) is -2.88. The molecular weight excluding hydrogens is 462 g/mol. The highest BCUT2D eigenvalue weighted by molar-refractivity contribution is 7.92. The Balaban J connectivity index is 1.92. The zero-order chi connectivity index (χ0) is 23.1. The second kappa shape index (κ2) is 8.72. The number of ether oxygens (including phenoxy) is 2. The lowest BCUT2D eigenvalue weighted by molar-refractivity contribution is -0.121. The summed E-state index contributed by atoms with van der Waals surface area (Å²) in [6, 6.07) is 7.46. The molecule has 0 spiro atoms. The van der Waals surface area contributed by atoms with Crippen molar-refractivity contribution in [3.63, 3.8) is 0 Å². The minimum absolute atomic E-state index is 0.0136. The van der Waals surface area contributed by atoms with Crippen molar-refractivity contribution >= 4 is 27.2 Å². The first-order valence-electron chi connectivity index (χ1n) is 10.5. The van der Waals surface area contributed by atoms with Crippen LogP contribution in [0.4, 0.5) is 8.78 Å². The number of carbonyl (C=O) groups is 1. The van der Waals surface area contributed by atoms with Gasteiger partial charge in [-0.3, -0.25) is 4.79 Å². The molecule has 0 bridgehead atoms. The fraction of sp³-hybridized carbons (Fsp3) is 0.435. The molecule has 3 atom stereocenters. The average Bonchev–Trinajstić information content (AvgIpc) is 2.79. The highest BCUT2D eigenvalue weighted by atomic mass is 35.5. The first-order chi connectivity index (χ1) is 15.2. The number of benzene rings is 2. The molecule has 4 rings (SSSR count). The van der Waals surface area contributed by atoms with Crippen LogP contribution in [0, 0.1) is 17.6 Å². The van der Waals surface area contributed by atoms with Gasteiger partial charge in [0.05, 0.1) is 23.2 Å². The normalized spacial score (nSPS) is 24.9. The molecule has 0 saturated carbocycles. The molecule has 172 valence electrons. The van der Waals surface area contributed by atoms with Crippen molar-refractivity contribution in [3.8, 4) is 5.75 Å². The van der Waals surface area contributed by atoms with Gasteiger partial charge < -0.3 is 9.47 Å². The van der Waals surface area contributed by atoms with Gasteiger partial charge in [0.2, 0.25) is 0 Å². The fourth-order valence-corrected chi connectivity index (χ4v) is 7.28. The predicted octanol–water partition coefficient (Wildman–Crippen LogP) is 4.84. The Labute approximate surface area is 190 Å². The summed E-state index contributed by atoms with van der Waals surface area (Å²) in [5, 5.41) is 0.352. The Morgan fingerprint density at radius 2 is 1.84 bits per heavy atom. The minimum Gasteiger partial charge on any atom is -0.490 e. The smallest absolute Gasteiger partial charge is 0.189 e. The summed E-state index contributed by atoms with van der Waals surface area (Å²) < 4.78 is 67.7. The zero-order valence-electron chi connectivity index (χ0n) is 17.4. The Hall–Kier alpha value is -2.03. The van der Waals surface area contributed by atoms with Crippen LogP contribution in [0.1, 0.15) is 38.2 Å². The van der Waals surface area contributed by atoms with Crippen molar-refractivity contribution in [1.82, 2.24) is 0 Å². The third kappa shape index (κ3) is 3.62. The molecule has 2 aromatic rings. The van der Waals surface area contributed by atoms with E-state index < -0.39 is 38.2 Å². The van der Waals surface area contributed by atoms with Gasteiger partial charge in [0.25, 0.3) is 0 Å². The van der Waals surface area contributed by atoms with E-state index in [0.29, 0.717) is 11.4 Å². The van der Waals surface area contributed by atoms with Crippen LogP contribution in [0.25, 0.3) is 0 Å². The first kappa shape index (κ1) is 23.1.